The first kappa shape index (κ1) is 21.3. The molecule has 0 fully saturated rings. The summed E-state index contributed by atoms with van der Waals surface area (Å²) in [4.78, 5) is 16.9. The van der Waals surface area contributed by atoms with Gasteiger partial charge in [0.2, 0.25) is 5.91 Å². The van der Waals surface area contributed by atoms with Crippen molar-refractivity contribution in [3.05, 3.63) is 52.0 Å². The first-order chi connectivity index (χ1) is 13.7. The first-order valence-corrected chi connectivity index (χ1v) is 10.6. The van der Waals surface area contributed by atoms with Crippen LogP contribution in [0.3, 0.4) is 0 Å². The molecule has 5 nitrogen and oxygen atoms in total. The number of benzene rings is 2. The highest BCUT2D eigenvalue weighted by Crippen LogP contribution is 2.36. The minimum atomic E-state index is -0.244. The summed E-state index contributed by atoms with van der Waals surface area (Å²) in [6, 6.07) is 9.89. The minimum absolute atomic E-state index is 0.0675. The van der Waals surface area contributed by atoms with Crippen LogP contribution in [0.2, 0.25) is 0 Å². The Morgan fingerprint density at radius 1 is 1.17 bits per heavy atom. The Bertz CT molecular complexity index is 1080. The number of halogens is 1. The number of anilines is 1. The van der Waals surface area contributed by atoms with Gasteiger partial charge in [0.1, 0.15) is 0 Å². The predicted molar refractivity (Wildman–Crippen MR) is 123 cm³/mol. The van der Waals surface area contributed by atoms with Crippen molar-refractivity contribution in [2.45, 2.75) is 26.2 Å². The number of ether oxygens (including phenoxy) is 2. The third-order valence-corrected chi connectivity index (χ3v) is 5.89. The number of methoxy groups -OCH3 is 2. The molecule has 0 radical (unpaired) electrons. The second-order valence-corrected chi connectivity index (χ2v) is 9.40. The summed E-state index contributed by atoms with van der Waals surface area (Å²) in [5.74, 6) is 0.951. The van der Waals surface area contributed by atoms with Crippen LogP contribution < -0.4 is 14.8 Å². The van der Waals surface area contributed by atoms with Gasteiger partial charge in [0.05, 0.1) is 28.9 Å². The molecule has 0 bridgehead atoms. The molecule has 1 heterocycles. The molecule has 1 N–H and O–H groups in total. The number of amides is 1. The normalized spacial score (nSPS) is 11.8. The van der Waals surface area contributed by atoms with E-state index in [0.29, 0.717) is 16.6 Å². The van der Waals surface area contributed by atoms with Gasteiger partial charge in [-0.3, -0.25) is 10.1 Å². The molecule has 0 saturated carbocycles. The number of carbonyl (C=O) groups excluding carboxylic acids is 1. The smallest absolute Gasteiger partial charge is 0.250 e. The van der Waals surface area contributed by atoms with Crippen molar-refractivity contribution in [1.29, 1.82) is 0 Å². The van der Waals surface area contributed by atoms with E-state index < -0.39 is 0 Å². The lowest BCUT2D eigenvalue weighted by Crippen LogP contribution is -2.10. The Morgan fingerprint density at radius 2 is 1.93 bits per heavy atom. The number of rotatable bonds is 5. The SMILES string of the molecule is COc1cc(/C=C/C(=O)Nc2nc3ccc(C(C)(C)C)cc3s2)cc(Br)c1OC. The maximum Gasteiger partial charge on any atom is 0.250 e. The third-order valence-electron chi connectivity index (χ3n) is 4.37. The summed E-state index contributed by atoms with van der Waals surface area (Å²) in [7, 11) is 3.15. The molecule has 1 amide bonds. The highest BCUT2D eigenvalue weighted by Gasteiger charge is 2.15. The monoisotopic (exact) mass is 474 g/mol. The summed E-state index contributed by atoms with van der Waals surface area (Å²) in [6.07, 6.45) is 3.19. The van der Waals surface area contributed by atoms with Gasteiger partial charge in [0.25, 0.3) is 0 Å². The third kappa shape index (κ3) is 4.97. The summed E-state index contributed by atoms with van der Waals surface area (Å²) < 4.78 is 12.4. The van der Waals surface area contributed by atoms with E-state index in [2.05, 4.69) is 59.1 Å². The zero-order chi connectivity index (χ0) is 21.2. The van der Waals surface area contributed by atoms with Gasteiger partial charge < -0.3 is 9.47 Å². The Kier molecular flexibility index (Phi) is 6.29. The van der Waals surface area contributed by atoms with Crippen LogP contribution in [-0.2, 0) is 10.2 Å². The van der Waals surface area contributed by atoms with Crippen molar-refractivity contribution in [2.75, 3.05) is 19.5 Å². The number of thiazole rings is 1. The number of fused-ring (bicyclic) bond motifs is 1. The number of nitrogens with zero attached hydrogens (tertiary/aromatic N) is 1. The van der Waals surface area contributed by atoms with Gasteiger partial charge in [-0.1, -0.05) is 38.2 Å². The Hall–Kier alpha value is -2.38. The van der Waals surface area contributed by atoms with Crippen molar-refractivity contribution in [1.82, 2.24) is 4.98 Å². The lowest BCUT2D eigenvalue weighted by molar-refractivity contribution is -0.111. The highest BCUT2D eigenvalue weighted by atomic mass is 79.9. The fourth-order valence-electron chi connectivity index (χ4n) is 2.80. The molecule has 0 aliphatic heterocycles. The summed E-state index contributed by atoms with van der Waals surface area (Å²) in [6.45, 7) is 6.53. The maximum absolute atomic E-state index is 12.4. The quantitative estimate of drug-likeness (QED) is 0.458. The number of aromatic nitrogens is 1. The van der Waals surface area contributed by atoms with Gasteiger partial charge in [-0.15, -0.1) is 0 Å². The molecule has 0 saturated heterocycles. The molecule has 1 aromatic heterocycles. The Labute approximate surface area is 182 Å². The molecule has 0 unspecified atom stereocenters. The lowest BCUT2D eigenvalue weighted by atomic mass is 9.87. The maximum atomic E-state index is 12.4. The molecule has 0 aliphatic rings. The summed E-state index contributed by atoms with van der Waals surface area (Å²) in [5, 5.41) is 3.42. The minimum Gasteiger partial charge on any atom is -0.493 e. The van der Waals surface area contributed by atoms with Crippen molar-refractivity contribution in [2.24, 2.45) is 0 Å². The van der Waals surface area contributed by atoms with Gasteiger partial charge >= 0.3 is 0 Å². The topological polar surface area (TPSA) is 60.5 Å². The number of nitrogens with one attached hydrogen (secondary N) is 1. The van der Waals surface area contributed by atoms with Crippen molar-refractivity contribution >= 4 is 54.6 Å². The zero-order valence-electron chi connectivity index (χ0n) is 17.0. The van der Waals surface area contributed by atoms with Crippen LogP contribution in [0.4, 0.5) is 5.13 Å². The van der Waals surface area contributed by atoms with Crippen LogP contribution >= 0.6 is 27.3 Å². The van der Waals surface area contributed by atoms with E-state index in [-0.39, 0.29) is 11.3 Å². The fourth-order valence-corrected chi connectivity index (χ4v) is 4.33. The first-order valence-electron chi connectivity index (χ1n) is 9.03. The molecule has 7 heteroatoms. The van der Waals surface area contributed by atoms with Crippen LogP contribution in [0.5, 0.6) is 11.5 Å². The van der Waals surface area contributed by atoms with Gasteiger partial charge in [-0.25, -0.2) is 4.98 Å². The van der Waals surface area contributed by atoms with Crippen LogP contribution in [0.25, 0.3) is 16.3 Å². The van der Waals surface area contributed by atoms with E-state index >= 15 is 0 Å². The van der Waals surface area contributed by atoms with Crippen LogP contribution in [0.1, 0.15) is 31.9 Å². The average Bonchev–Trinajstić information content (AvgIpc) is 3.06. The number of carbonyl (C=O) groups is 1. The molecule has 152 valence electrons. The predicted octanol–water partition coefficient (Wildman–Crippen LogP) is 6.03. The average molecular weight is 475 g/mol. The molecule has 0 atom stereocenters. The van der Waals surface area contributed by atoms with E-state index in [1.165, 1.54) is 23.0 Å². The second kappa shape index (κ2) is 8.55. The molecule has 3 aromatic rings. The zero-order valence-corrected chi connectivity index (χ0v) is 19.4. The fraction of sp³-hybridized carbons (Fsp3) is 0.273. The number of hydrogen-bond donors (Lipinski definition) is 1. The summed E-state index contributed by atoms with van der Waals surface area (Å²) >= 11 is 4.92. The van der Waals surface area contributed by atoms with Crippen LogP contribution in [0.15, 0.2) is 40.9 Å². The highest BCUT2D eigenvalue weighted by molar-refractivity contribution is 9.10. The molecular formula is C22H23BrN2O3S. The van der Waals surface area contributed by atoms with E-state index in [0.717, 1.165) is 20.3 Å². The molecule has 0 spiro atoms. The van der Waals surface area contributed by atoms with E-state index in [1.807, 2.05) is 12.1 Å². The van der Waals surface area contributed by atoms with Crippen molar-refractivity contribution in [3.63, 3.8) is 0 Å². The molecule has 29 heavy (non-hydrogen) atoms. The van der Waals surface area contributed by atoms with Crippen LogP contribution in [-0.4, -0.2) is 25.1 Å². The standard InChI is InChI=1S/C22H23BrN2O3S/c1-22(2,3)14-7-8-16-18(12-14)29-21(24-16)25-19(26)9-6-13-10-15(23)20(28-5)17(11-13)27-4/h6-12H,1-5H3,(H,24,25,26)/b9-6+. The van der Waals surface area contributed by atoms with Gasteiger partial charge in [0.15, 0.2) is 16.6 Å². The summed E-state index contributed by atoms with van der Waals surface area (Å²) in [5.41, 5.74) is 3.00. The van der Waals surface area contributed by atoms with Crippen LogP contribution in [0, 0.1) is 0 Å². The van der Waals surface area contributed by atoms with Crippen molar-refractivity contribution in [3.8, 4) is 11.5 Å². The number of hydrogen-bond acceptors (Lipinski definition) is 5. The Balaban J connectivity index is 1.76. The van der Waals surface area contributed by atoms with E-state index in [9.17, 15) is 4.79 Å². The molecule has 2 aromatic carbocycles. The Morgan fingerprint density at radius 3 is 2.59 bits per heavy atom. The van der Waals surface area contributed by atoms with E-state index in [1.54, 1.807) is 26.4 Å². The largest absolute Gasteiger partial charge is 0.493 e. The van der Waals surface area contributed by atoms with Gasteiger partial charge in [-0.2, -0.15) is 0 Å². The molecular weight excluding hydrogens is 452 g/mol. The van der Waals surface area contributed by atoms with Gasteiger partial charge in [0, 0.05) is 6.08 Å². The van der Waals surface area contributed by atoms with Gasteiger partial charge in [-0.05, 0) is 62.8 Å². The van der Waals surface area contributed by atoms with E-state index in [4.69, 9.17) is 9.47 Å². The van der Waals surface area contributed by atoms with Crippen molar-refractivity contribution < 1.29 is 14.3 Å². The second-order valence-electron chi connectivity index (χ2n) is 7.51. The lowest BCUT2D eigenvalue weighted by Gasteiger charge is -2.18. The molecule has 0 aliphatic carbocycles. The molecule has 3 rings (SSSR count).